The summed E-state index contributed by atoms with van der Waals surface area (Å²) in [5, 5.41) is 5.55. The van der Waals surface area contributed by atoms with Gasteiger partial charge < -0.3 is 34.3 Å². The summed E-state index contributed by atoms with van der Waals surface area (Å²) in [6.07, 6.45) is 0.622. The van der Waals surface area contributed by atoms with Crippen LogP contribution < -0.4 is 24.8 Å². The molecule has 0 spiro atoms. The number of urea groups is 1. The lowest BCUT2D eigenvalue weighted by molar-refractivity contribution is -0.145. The Hall–Kier alpha value is -3.46. The monoisotopic (exact) mass is 432 g/mol. The molecule has 0 fully saturated rings. The minimum atomic E-state index is -0.409. The molecule has 0 bridgehead atoms. The van der Waals surface area contributed by atoms with Crippen LogP contribution in [0.15, 0.2) is 42.5 Å². The molecule has 168 valence electrons. The second-order valence-corrected chi connectivity index (χ2v) is 6.28. The average Bonchev–Trinajstić information content (AvgIpc) is 2.78. The van der Waals surface area contributed by atoms with Crippen LogP contribution >= 0.6 is 0 Å². The second kappa shape index (κ2) is 13.0. The quantitative estimate of drug-likeness (QED) is 0.392. The van der Waals surface area contributed by atoms with Crippen LogP contribution in [0.5, 0.6) is 17.2 Å². The molecule has 0 saturated carbocycles. The summed E-state index contributed by atoms with van der Waals surface area (Å²) in [6.45, 7) is 2.41. The molecule has 31 heavy (non-hydrogen) atoms. The van der Waals surface area contributed by atoms with Crippen LogP contribution in [0.25, 0.3) is 0 Å². The highest BCUT2D eigenvalue weighted by atomic mass is 16.7. The second-order valence-electron chi connectivity index (χ2n) is 6.28. The van der Waals surface area contributed by atoms with E-state index in [-0.39, 0.29) is 19.4 Å². The van der Waals surface area contributed by atoms with Crippen LogP contribution in [0, 0.1) is 0 Å². The lowest BCUT2D eigenvalue weighted by Gasteiger charge is -2.14. The topological polar surface area (TPSA) is 104 Å². The molecule has 2 amide bonds. The van der Waals surface area contributed by atoms with Crippen molar-refractivity contribution in [1.82, 2.24) is 5.32 Å². The number of nitrogens with one attached hydrogen (secondary N) is 2. The maximum absolute atomic E-state index is 12.3. The van der Waals surface area contributed by atoms with E-state index < -0.39 is 5.97 Å². The van der Waals surface area contributed by atoms with E-state index in [2.05, 4.69) is 10.6 Å². The van der Waals surface area contributed by atoms with Gasteiger partial charge in [0.2, 0.25) is 0 Å². The average molecular weight is 432 g/mol. The molecule has 0 saturated heterocycles. The summed E-state index contributed by atoms with van der Waals surface area (Å²) >= 11 is 0. The van der Waals surface area contributed by atoms with Crippen molar-refractivity contribution in [2.75, 3.05) is 46.1 Å². The number of methoxy groups -OCH3 is 2. The van der Waals surface area contributed by atoms with Gasteiger partial charge in [-0.15, -0.1) is 0 Å². The largest absolute Gasteiger partial charge is 0.497 e. The molecule has 0 aromatic heterocycles. The lowest BCUT2D eigenvalue weighted by Crippen LogP contribution is -2.30. The number of hydrogen-bond donors (Lipinski definition) is 2. The van der Waals surface area contributed by atoms with Gasteiger partial charge in [-0.05, 0) is 43.2 Å². The van der Waals surface area contributed by atoms with Gasteiger partial charge in [-0.3, -0.25) is 0 Å². The van der Waals surface area contributed by atoms with Gasteiger partial charge in [-0.25, -0.2) is 9.59 Å². The molecule has 0 aliphatic rings. The van der Waals surface area contributed by atoms with E-state index in [4.69, 9.17) is 23.7 Å². The van der Waals surface area contributed by atoms with Gasteiger partial charge in [0.1, 0.15) is 17.2 Å². The summed E-state index contributed by atoms with van der Waals surface area (Å²) in [6, 6.07) is 12.0. The van der Waals surface area contributed by atoms with Gasteiger partial charge in [0, 0.05) is 19.7 Å². The van der Waals surface area contributed by atoms with Crippen LogP contribution in [-0.2, 0) is 20.7 Å². The van der Waals surface area contributed by atoms with Crippen molar-refractivity contribution in [2.45, 2.75) is 13.3 Å². The van der Waals surface area contributed by atoms with Crippen molar-refractivity contribution in [2.24, 2.45) is 0 Å². The summed E-state index contributed by atoms with van der Waals surface area (Å²) in [5.74, 6) is 1.22. The lowest BCUT2D eigenvalue weighted by atomic mass is 10.1. The molecule has 0 radical (unpaired) electrons. The summed E-state index contributed by atoms with van der Waals surface area (Å²) in [5.41, 5.74) is 1.48. The van der Waals surface area contributed by atoms with Crippen molar-refractivity contribution >= 4 is 17.7 Å². The Bertz CT molecular complexity index is 840. The first kappa shape index (κ1) is 23.8. The molecule has 0 atom stereocenters. The summed E-state index contributed by atoms with van der Waals surface area (Å²) < 4.78 is 25.7. The minimum Gasteiger partial charge on any atom is -0.497 e. The first-order valence-electron chi connectivity index (χ1n) is 9.77. The Kier molecular flexibility index (Phi) is 9.96. The summed E-state index contributed by atoms with van der Waals surface area (Å²) in [7, 11) is 3.06. The SMILES string of the molecule is CCOC(=O)COc1ccc(CCNC(=O)Nc2cc(OC)ccc2OCOC)cc1. The van der Waals surface area contributed by atoms with Gasteiger partial charge in [0.05, 0.1) is 19.4 Å². The van der Waals surface area contributed by atoms with Gasteiger partial charge in [0.25, 0.3) is 0 Å². The van der Waals surface area contributed by atoms with Crippen LogP contribution in [0.1, 0.15) is 12.5 Å². The predicted molar refractivity (Wildman–Crippen MR) is 115 cm³/mol. The normalized spacial score (nSPS) is 10.2. The fraction of sp³-hybridized carbons (Fsp3) is 0.364. The van der Waals surface area contributed by atoms with E-state index in [0.29, 0.717) is 42.5 Å². The number of hydrogen-bond acceptors (Lipinski definition) is 7. The van der Waals surface area contributed by atoms with Crippen LogP contribution in [-0.4, -0.2) is 52.8 Å². The third-order valence-electron chi connectivity index (χ3n) is 4.05. The number of rotatable bonds is 12. The molecule has 2 aromatic carbocycles. The molecular weight excluding hydrogens is 404 g/mol. The van der Waals surface area contributed by atoms with E-state index in [1.54, 1.807) is 44.4 Å². The molecule has 2 rings (SSSR count). The first-order chi connectivity index (χ1) is 15.0. The van der Waals surface area contributed by atoms with E-state index in [9.17, 15) is 9.59 Å². The Morgan fingerprint density at radius 2 is 1.71 bits per heavy atom. The maximum Gasteiger partial charge on any atom is 0.344 e. The Balaban J connectivity index is 1.81. The highest BCUT2D eigenvalue weighted by Crippen LogP contribution is 2.29. The van der Waals surface area contributed by atoms with E-state index in [0.717, 1.165) is 5.56 Å². The molecular formula is C22H28N2O7. The minimum absolute atomic E-state index is 0.0577. The predicted octanol–water partition coefficient (Wildman–Crippen LogP) is 2.98. The zero-order chi connectivity index (χ0) is 22.5. The fourth-order valence-electron chi connectivity index (χ4n) is 2.57. The zero-order valence-corrected chi connectivity index (χ0v) is 17.9. The van der Waals surface area contributed by atoms with Gasteiger partial charge in [-0.2, -0.15) is 0 Å². The van der Waals surface area contributed by atoms with Crippen LogP contribution in [0.4, 0.5) is 10.5 Å². The Morgan fingerprint density at radius 1 is 0.968 bits per heavy atom. The van der Waals surface area contributed by atoms with Gasteiger partial charge in [0.15, 0.2) is 13.4 Å². The van der Waals surface area contributed by atoms with Crippen molar-refractivity contribution in [3.63, 3.8) is 0 Å². The number of amides is 2. The third-order valence-corrected chi connectivity index (χ3v) is 4.05. The smallest absolute Gasteiger partial charge is 0.344 e. The highest BCUT2D eigenvalue weighted by Gasteiger charge is 2.10. The van der Waals surface area contributed by atoms with E-state index >= 15 is 0 Å². The fourth-order valence-corrected chi connectivity index (χ4v) is 2.57. The van der Waals surface area contributed by atoms with Crippen molar-refractivity contribution in [1.29, 1.82) is 0 Å². The molecule has 0 aliphatic heterocycles. The number of carbonyl (C=O) groups is 2. The van der Waals surface area contributed by atoms with Crippen LogP contribution in [0.2, 0.25) is 0 Å². The molecule has 9 heteroatoms. The van der Waals surface area contributed by atoms with Gasteiger partial charge in [-0.1, -0.05) is 12.1 Å². The standard InChI is InChI=1S/C22H28N2O7/c1-4-29-21(25)14-30-17-7-5-16(6-8-17)11-12-23-22(26)24-19-13-18(28-3)9-10-20(19)31-15-27-2/h5-10,13H,4,11-12,14-15H2,1-3H3,(H2,23,24,26). The van der Waals surface area contributed by atoms with E-state index in [1.165, 1.54) is 7.11 Å². The maximum atomic E-state index is 12.3. The third kappa shape index (κ3) is 8.43. The Labute approximate surface area is 181 Å². The van der Waals surface area contributed by atoms with E-state index in [1.807, 2.05) is 12.1 Å². The number of ether oxygens (including phenoxy) is 5. The molecule has 0 aliphatic carbocycles. The zero-order valence-electron chi connectivity index (χ0n) is 17.9. The van der Waals surface area contributed by atoms with Gasteiger partial charge >= 0.3 is 12.0 Å². The molecule has 2 aromatic rings. The molecule has 0 unspecified atom stereocenters. The summed E-state index contributed by atoms with van der Waals surface area (Å²) in [4.78, 5) is 23.6. The van der Waals surface area contributed by atoms with Crippen molar-refractivity contribution in [3.05, 3.63) is 48.0 Å². The van der Waals surface area contributed by atoms with Crippen molar-refractivity contribution < 1.29 is 33.3 Å². The highest BCUT2D eigenvalue weighted by molar-refractivity contribution is 5.91. The first-order valence-corrected chi connectivity index (χ1v) is 9.77. The number of benzene rings is 2. The number of anilines is 1. The molecule has 9 nitrogen and oxygen atoms in total. The molecule has 0 heterocycles. The molecule has 2 N–H and O–H groups in total. The van der Waals surface area contributed by atoms with Crippen molar-refractivity contribution in [3.8, 4) is 17.2 Å². The Morgan fingerprint density at radius 3 is 2.39 bits per heavy atom. The number of esters is 1. The number of carbonyl (C=O) groups excluding carboxylic acids is 2. The van der Waals surface area contributed by atoms with Crippen LogP contribution in [0.3, 0.4) is 0 Å².